The normalized spacial score (nSPS) is 18.4. The van der Waals surface area contributed by atoms with Crippen molar-refractivity contribution < 1.29 is 14.3 Å². The van der Waals surface area contributed by atoms with Gasteiger partial charge in [-0.25, -0.2) is 9.78 Å². The second-order valence-corrected chi connectivity index (χ2v) is 7.86. The van der Waals surface area contributed by atoms with Crippen molar-refractivity contribution in [3.8, 4) is 5.75 Å². The summed E-state index contributed by atoms with van der Waals surface area (Å²) in [5.74, 6) is 1.00. The van der Waals surface area contributed by atoms with Gasteiger partial charge in [0.1, 0.15) is 16.5 Å². The van der Waals surface area contributed by atoms with E-state index in [1.54, 1.807) is 11.1 Å². The van der Waals surface area contributed by atoms with Gasteiger partial charge in [0.15, 0.2) is 0 Å². The molecule has 1 aromatic heterocycles. The molecular formula is C15H20ClIN2O3. The summed E-state index contributed by atoms with van der Waals surface area (Å²) in [5.41, 5.74) is -0.461. The summed E-state index contributed by atoms with van der Waals surface area (Å²) < 4.78 is 12.0. The minimum atomic E-state index is -0.461. The molecule has 0 aromatic carbocycles. The van der Waals surface area contributed by atoms with E-state index in [0.29, 0.717) is 36.5 Å². The fourth-order valence-electron chi connectivity index (χ4n) is 2.16. The smallest absolute Gasteiger partial charge is 0.410 e. The third-order valence-electron chi connectivity index (χ3n) is 3.19. The van der Waals surface area contributed by atoms with Gasteiger partial charge in [0.05, 0.1) is 16.4 Å². The van der Waals surface area contributed by atoms with Crippen molar-refractivity contribution in [3.05, 3.63) is 21.0 Å². The minimum absolute atomic E-state index is 0.252. The van der Waals surface area contributed by atoms with Crippen LogP contribution in [-0.2, 0) is 4.74 Å². The highest BCUT2D eigenvalue weighted by molar-refractivity contribution is 14.1. The summed E-state index contributed by atoms with van der Waals surface area (Å²) in [5, 5.41) is 0.477. The zero-order valence-electron chi connectivity index (χ0n) is 12.9. The van der Waals surface area contributed by atoms with Gasteiger partial charge in [0, 0.05) is 19.0 Å². The average Bonchev–Trinajstić information content (AvgIpc) is 2.87. The van der Waals surface area contributed by atoms with E-state index in [1.165, 1.54) is 0 Å². The molecule has 1 saturated heterocycles. The number of carbonyl (C=O) groups is 1. The van der Waals surface area contributed by atoms with E-state index < -0.39 is 5.60 Å². The van der Waals surface area contributed by atoms with Gasteiger partial charge in [0.25, 0.3) is 0 Å². The molecule has 0 saturated carbocycles. The molecule has 122 valence electrons. The van der Waals surface area contributed by atoms with Gasteiger partial charge >= 0.3 is 6.09 Å². The molecule has 1 aliphatic heterocycles. The number of carbonyl (C=O) groups excluding carboxylic acids is 1. The predicted molar refractivity (Wildman–Crippen MR) is 93.4 cm³/mol. The van der Waals surface area contributed by atoms with Gasteiger partial charge < -0.3 is 14.4 Å². The van der Waals surface area contributed by atoms with E-state index in [4.69, 9.17) is 21.1 Å². The Kier molecular flexibility index (Phi) is 5.76. The monoisotopic (exact) mass is 438 g/mol. The third kappa shape index (κ3) is 5.15. The van der Waals surface area contributed by atoms with E-state index in [9.17, 15) is 4.79 Å². The number of rotatable bonds is 3. The van der Waals surface area contributed by atoms with Gasteiger partial charge in [-0.15, -0.1) is 0 Å². The number of hydrogen-bond acceptors (Lipinski definition) is 4. The van der Waals surface area contributed by atoms with Gasteiger partial charge in [0.2, 0.25) is 0 Å². The Balaban J connectivity index is 1.81. The largest absolute Gasteiger partial charge is 0.492 e. The summed E-state index contributed by atoms with van der Waals surface area (Å²) in [6, 6.07) is 1.86. The number of halogens is 2. The van der Waals surface area contributed by atoms with Crippen molar-refractivity contribution in [3.63, 3.8) is 0 Å². The fraction of sp³-hybridized carbons (Fsp3) is 0.600. The molecule has 2 rings (SSSR count). The molecule has 1 aliphatic rings. The van der Waals surface area contributed by atoms with Crippen LogP contribution in [0.25, 0.3) is 0 Å². The molecule has 0 radical (unpaired) electrons. The summed E-state index contributed by atoms with van der Waals surface area (Å²) in [4.78, 5) is 17.8. The summed E-state index contributed by atoms with van der Waals surface area (Å²) in [7, 11) is 0. The first-order valence-corrected chi connectivity index (χ1v) is 8.62. The Labute approximate surface area is 149 Å². The van der Waals surface area contributed by atoms with Gasteiger partial charge in [-0.3, -0.25) is 0 Å². The van der Waals surface area contributed by atoms with Crippen LogP contribution in [0.15, 0.2) is 12.3 Å². The molecule has 1 fully saturated rings. The number of likely N-dealkylation sites (tertiary alicyclic amines) is 1. The van der Waals surface area contributed by atoms with E-state index in [2.05, 4.69) is 27.6 Å². The Morgan fingerprint density at radius 2 is 2.27 bits per heavy atom. The van der Waals surface area contributed by atoms with E-state index in [-0.39, 0.29) is 6.09 Å². The summed E-state index contributed by atoms with van der Waals surface area (Å²) >= 11 is 8.00. The van der Waals surface area contributed by atoms with Crippen LogP contribution in [0.2, 0.25) is 5.15 Å². The van der Waals surface area contributed by atoms with Crippen LogP contribution in [0, 0.1) is 9.49 Å². The Hall–Kier alpha value is -0.760. The maximum absolute atomic E-state index is 12.0. The average molecular weight is 439 g/mol. The topological polar surface area (TPSA) is 51.7 Å². The van der Waals surface area contributed by atoms with Crippen molar-refractivity contribution >= 4 is 40.3 Å². The molecule has 1 aromatic rings. The Bertz CT molecular complexity index is 548. The molecule has 7 heteroatoms. The lowest BCUT2D eigenvalue weighted by molar-refractivity contribution is 0.0285. The quantitative estimate of drug-likeness (QED) is 0.529. The third-order valence-corrected chi connectivity index (χ3v) is 4.64. The van der Waals surface area contributed by atoms with Crippen LogP contribution in [0.1, 0.15) is 27.2 Å². The number of aromatic nitrogens is 1. The second kappa shape index (κ2) is 7.21. The van der Waals surface area contributed by atoms with Crippen LogP contribution in [-0.4, -0.2) is 41.3 Å². The van der Waals surface area contributed by atoms with Gasteiger partial charge in [-0.2, -0.15) is 0 Å². The van der Waals surface area contributed by atoms with Crippen molar-refractivity contribution in [1.82, 2.24) is 9.88 Å². The molecule has 22 heavy (non-hydrogen) atoms. The van der Waals surface area contributed by atoms with Crippen LogP contribution >= 0.6 is 34.2 Å². The predicted octanol–water partition coefficient (Wildman–Crippen LogP) is 3.98. The molecule has 0 N–H and O–H groups in total. The highest BCUT2D eigenvalue weighted by Crippen LogP contribution is 2.23. The van der Waals surface area contributed by atoms with Crippen molar-refractivity contribution in [2.24, 2.45) is 5.92 Å². The molecule has 0 bridgehead atoms. The molecule has 1 amide bonds. The zero-order valence-corrected chi connectivity index (χ0v) is 15.8. The first-order valence-electron chi connectivity index (χ1n) is 7.16. The number of hydrogen-bond donors (Lipinski definition) is 0. The van der Waals surface area contributed by atoms with Crippen molar-refractivity contribution in [1.29, 1.82) is 0 Å². The number of ether oxygens (including phenoxy) is 2. The van der Waals surface area contributed by atoms with Crippen LogP contribution in [0.3, 0.4) is 0 Å². The second-order valence-electron chi connectivity index (χ2n) is 6.34. The zero-order chi connectivity index (χ0) is 16.3. The lowest BCUT2D eigenvalue weighted by Crippen LogP contribution is -2.35. The highest BCUT2D eigenvalue weighted by Gasteiger charge is 2.30. The fourth-order valence-corrected chi connectivity index (χ4v) is 2.71. The molecule has 1 atom stereocenters. The van der Waals surface area contributed by atoms with Crippen LogP contribution in [0.4, 0.5) is 4.79 Å². The van der Waals surface area contributed by atoms with Crippen LogP contribution in [0.5, 0.6) is 5.75 Å². The van der Waals surface area contributed by atoms with Crippen molar-refractivity contribution in [2.75, 3.05) is 19.7 Å². The first kappa shape index (κ1) is 17.6. The number of amides is 1. The SMILES string of the molecule is CC(C)(C)OC(=O)N1CC[C@H](COc2cnc(Cl)c(I)c2)C1. The number of pyridine rings is 1. The molecule has 5 nitrogen and oxygen atoms in total. The number of nitrogens with zero attached hydrogens (tertiary/aromatic N) is 2. The minimum Gasteiger partial charge on any atom is -0.492 e. The molecule has 2 heterocycles. The van der Waals surface area contributed by atoms with E-state index in [1.807, 2.05) is 26.8 Å². The molecule has 0 spiro atoms. The van der Waals surface area contributed by atoms with Crippen LogP contribution < -0.4 is 4.74 Å². The molecular weight excluding hydrogens is 419 g/mol. The summed E-state index contributed by atoms with van der Waals surface area (Å²) in [6.45, 7) is 7.54. The van der Waals surface area contributed by atoms with Crippen molar-refractivity contribution in [2.45, 2.75) is 32.8 Å². The Morgan fingerprint density at radius 3 is 2.91 bits per heavy atom. The summed E-state index contributed by atoms with van der Waals surface area (Å²) in [6.07, 6.45) is 2.28. The van der Waals surface area contributed by atoms with Gasteiger partial charge in [-0.1, -0.05) is 11.6 Å². The standard InChI is InChI=1S/C15H20ClIN2O3/c1-15(2,3)22-14(20)19-5-4-10(8-19)9-21-11-6-12(17)13(16)18-7-11/h6-7,10H,4-5,8-9H2,1-3H3/t10-/m0/s1. The molecule has 0 aliphatic carbocycles. The van der Waals surface area contributed by atoms with E-state index >= 15 is 0 Å². The maximum atomic E-state index is 12.0. The lowest BCUT2D eigenvalue weighted by atomic mass is 10.1. The Morgan fingerprint density at radius 1 is 1.55 bits per heavy atom. The highest BCUT2D eigenvalue weighted by atomic mass is 127. The lowest BCUT2D eigenvalue weighted by Gasteiger charge is -2.24. The molecule has 0 unspecified atom stereocenters. The van der Waals surface area contributed by atoms with Gasteiger partial charge in [-0.05, 0) is 55.8 Å². The maximum Gasteiger partial charge on any atom is 0.410 e. The van der Waals surface area contributed by atoms with E-state index in [0.717, 1.165) is 9.99 Å². The first-order chi connectivity index (χ1) is 10.2.